The molecule has 0 fully saturated rings. The molecule has 0 bridgehead atoms. The smallest absolute Gasteiger partial charge is 0.116 e. The predicted molar refractivity (Wildman–Crippen MR) is 47.1 cm³/mol. The zero-order valence-corrected chi connectivity index (χ0v) is 6.83. The number of H-pyrrole nitrogens is 1. The standard InChI is InChI=1S/C9H10N2O/c1-2-8-7-5-6(12)3-4-9(7)11-10-8/h3-5,12H,2H2,1H3,(H,10,11). The molecule has 0 aliphatic carbocycles. The Kier molecular flexibility index (Phi) is 1.50. The van der Waals surface area contributed by atoms with Crippen LogP contribution in [0.1, 0.15) is 12.6 Å². The van der Waals surface area contributed by atoms with Gasteiger partial charge in [-0.1, -0.05) is 6.92 Å². The average Bonchev–Trinajstić information content (AvgIpc) is 2.46. The van der Waals surface area contributed by atoms with Gasteiger partial charge in [0.2, 0.25) is 0 Å². The monoisotopic (exact) mass is 162 g/mol. The first-order valence-electron chi connectivity index (χ1n) is 3.97. The normalized spacial score (nSPS) is 10.8. The second-order valence-electron chi connectivity index (χ2n) is 2.76. The van der Waals surface area contributed by atoms with E-state index in [2.05, 4.69) is 17.1 Å². The highest BCUT2D eigenvalue weighted by atomic mass is 16.3. The lowest BCUT2D eigenvalue weighted by molar-refractivity contribution is 0.476. The van der Waals surface area contributed by atoms with Crippen molar-refractivity contribution in [1.29, 1.82) is 0 Å². The molecule has 3 nitrogen and oxygen atoms in total. The molecule has 0 unspecified atom stereocenters. The highest BCUT2D eigenvalue weighted by molar-refractivity contribution is 5.82. The predicted octanol–water partition coefficient (Wildman–Crippen LogP) is 1.83. The lowest BCUT2D eigenvalue weighted by Crippen LogP contribution is -1.78. The molecule has 1 aromatic heterocycles. The molecule has 1 heterocycles. The van der Waals surface area contributed by atoms with E-state index >= 15 is 0 Å². The van der Waals surface area contributed by atoms with E-state index in [1.807, 2.05) is 0 Å². The van der Waals surface area contributed by atoms with Crippen LogP contribution in [-0.4, -0.2) is 15.3 Å². The molecule has 0 saturated heterocycles. The molecule has 12 heavy (non-hydrogen) atoms. The van der Waals surface area contributed by atoms with E-state index < -0.39 is 0 Å². The molecule has 0 spiro atoms. The van der Waals surface area contributed by atoms with Crippen LogP contribution in [0, 0.1) is 0 Å². The number of phenolic OH excluding ortho intramolecular Hbond substituents is 1. The molecule has 0 aliphatic rings. The van der Waals surface area contributed by atoms with Gasteiger partial charge in [0.1, 0.15) is 5.75 Å². The summed E-state index contributed by atoms with van der Waals surface area (Å²) in [5.74, 6) is 0.290. The van der Waals surface area contributed by atoms with E-state index in [9.17, 15) is 5.11 Å². The van der Waals surface area contributed by atoms with Gasteiger partial charge in [0.05, 0.1) is 5.52 Å². The van der Waals surface area contributed by atoms with Gasteiger partial charge in [-0.25, -0.2) is 0 Å². The van der Waals surface area contributed by atoms with Gasteiger partial charge in [-0.15, -0.1) is 0 Å². The number of hydrogen-bond donors (Lipinski definition) is 2. The number of phenols is 1. The van der Waals surface area contributed by atoms with E-state index in [1.165, 1.54) is 0 Å². The van der Waals surface area contributed by atoms with E-state index in [0.29, 0.717) is 5.75 Å². The lowest BCUT2D eigenvalue weighted by atomic mass is 10.2. The molecule has 2 N–H and O–H groups in total. The van der Waals surface area contributed by atoms with E-state index in [-0.39, 0.29) is 0 Å². The number of nitrogens with zero attached hydrogens (tertiary/aromatic N) is 1. The summed E-state index contributed by atoms with van der Waals surface area (Å²) in [6.45, 7) is 2.05. The average molecular weight is 162 g/mol. The van der Waals surface area contributed by atoms with Gasteiger partial charge in [0.25, 0.3) is 0 Å². The third kappa shape index (κ3) is 0.942. The van der Waals surface area contributed by atoms with Crippen molar-refractivity contribution in [2.45, 2.75) is 13.3 Å². The molecule has 0 radical (unpaired) electrons. The number of aromatic nitrogens is 2. The fourth-order valence-electron chi connectivity index (χ4n) is 1.32. The van der Waals surface area contributed by atoms with Gasteiger partial charge in [0.15, 0.2) is 0 Å². The number of aromatic hydroxyl groups is 1. The van der Waals surface area contributed by atoms with Gasteiger partial charge in [-0.05, 0) is 24.6 Å². The van der Waals surface area contributed by atoms with Gasteiger partial charge in [-0.2, -0.15) is 5.10 Å². The molecule has 62 valence electrons. The maximum Gasteiger partial charge on any atom is 0.116 e. The van der Waals surface area contributed by atoms with Crippen molar-refractivity contribution in [2.24, 2.45) is 0 Å². The first-order chi connectivity index (χ1) is 5.81. The van der Waals surface area contributed by atoms with Gasteiger partial charge >= 0.3 is 0 Å². The van der Waals surface area contributed by atoms with Gasteiger partial charge in [-0.3, -0.25) is 5.10 Å². The third-order valence-corrected chi connectivity index (χ3v) is 1.97. The van der Waals surface area contributed by atoms with Crippen molar-refractivity contribution < 1.29 is 5.11 Å². The van der Waals surface area contributed by atoms with Crippen LogP contribution in [0.3, 0.4) is 0 Å². The molecule has 0 saturated carbocycles. The topological polar surface area (TPSA) is 48.9 Å². The second-order valence-corrected chi connectivity index (χ2v) is 2.76. The zero-order chi connectivity index (χ0) is 8.55. The van der Waals surface area contributed by atoms with Crippen LogP contribution in [-0.2, 0) is 6.42 Å². The lowest BCUT2D eigenvalue weighted by Gasteiger charge is -1.92. The van der Waals surface area contributed by atoms with Crippen LogP contribution >= 0.6 is 0 Å². The van der Waals surface area contributed by atoms with Crippen LogP contribution < -0.4 is 0 Å². The summed E-state index contributed by atoms with van der Waals surface area (Å²) < 4.78 is 0. The van der Waals surface area contributed by atoms with E-state index in [1.54, 1.807) is 18.2 Å². The highest BCUT2D eigenvalue weighted by Crippen LogP contribution is 2.20. The highest BCUT2D eigenvalue weighted by Gasteiger charge is 2.02. The molecule has 0 aliphatic heterocycles. The largest absolute Gasteiger partial charge is 0.508 e. The maximum atomic E-state index is 9.23. The summed E-state index contributed by atoms with van der Waals surface area (Å²) in [4.78, 5) is 0. The Balaban J connectivity index is 2.75. The van der Waals surface area contributed by atoms with Crippen molar-refractivity contribution in [3.63, 3.8) is 0 Å². The summed E-state index contributed by atoms with van der Waals surface area (Å²) >= 11 is 0. The Morgan fingerprint density at radius 2 is 2.33 bits per heavy atom. The Labute approximate surface area is 70.0 Å². The number of fused-ring (bicyclic) bond motifs is 1. The van der Waals surface area contributed by atoms with Crippen LogP contribution in [0.2, 0.25) is 0 Å². The number of nitrogens with one attached hydrogen (secondary N) is 1. The van der Waals surface area contributed by atoms with Gasteiger partial charge < -0.3 is 5.11 Å². The van der Waals surface area contributed by atoms with Crippen molar-refractivity contribution in [3.8, 4) is 5.75 Å². The molecule has 2 aromatic rings. The van der Waals surface area contributed by atoms with Gasteiger partial charge in [0, 0.05) is 11.1 Å². The van der Waals surface area contributed by atoms with Crippen molar-refractivity contribution in [2.75, 3.05) is 0 Å². The first kappa shape index (κ1) is 7.16. The molecule has 0 amide bonds. The fraction of sp³-hybridized carbons (Fsp3) is 0.222. The van der Waals surface area contributed by atoms with Crippen LogP contribution in [0.4, 0.5) is 0 Å². The number of benzene rings is 1. The Bertz CT molecular complexity index is 406. The quantitative estimate of drug-likeness (QED) is 0.672. The summed E-state index contributed by atoms with van der Waals surface area (Å²) in [5, 5.41) is 17.3. The first-order valence-corrected chi connectivity index (χ1v) is 3.97. The summed E-state index contributed by atoms with van der Waals surface area (Å²) in [5.41, 5.74) is 1.98. The number of hydrogen-bond acceptors (Lipinski definition) is 2. The van der Waals surface area contributed by atoms with Crippen molar-refractivity contribution >= 4 is 10.9 Å². The Morgan fingerprint density at radius 3 is 3.08 bits per heavy atom. The van der Waals surface area contributed by atoms with Crippen LogP contribution in [0.5, 0.6) is 5.75 Å². The zero-order valence-electron chi connectivity index (χ0n) is 6.83. The summed E-state index contributed by atoms with van der Waals surface area (Å²) in [6.07, 6.45) is 0.903. The minimum atomic E-state index is 0.290. The van der Waals surface area contributed by atoms with E-state index in [0.717, 1.165) is 23.0 Å². The molecular weight excluding hydrogens is 152 g/mol. The molecule has 0 atom stereocenters. The van der Waals surface area contributed by atoms with Crippen LogP contribution in [0.25, 0.3) is 10.9 Å². The maximum absolute atomic E-state index is 9.23. The third-order valence-electron chi connectivity index (χ3n) is 1.97. The van der Waals surface area contributed by atoms with Crippen molar-refractivity contribution in [1.82, 2.24) is 10.2 Å². The van der Waals surface area contributed by atoms with Crippen molar-refractivity contribution in [3.05, 3.63) is 23.9 Å². The Morgan fingerprint density at radius 1 is 1.50 bits per heavy atom. The number of aromatic amines is 1. The number of aryl methyl sites for hydroxylation is 1. The molecular formula is C9H10N2O. The molecule has 2 rings (SSSR count). The van der Waals surface area contributed by atoms with E-state index in [4.69, 9.17) is 0 Å². The summed E-state index contributed by atoms with van der Waals surface area (Å²) in [6, 6.07) is 5.18. The minimum absolute atomic E-state index is 0.290. The molecule has 3 heteroatoms. The second kappa shape index (κ2) is 2.52. The Hall–Kier alpha value is -1.51. The van der Waals surface area contributed by atoms with Crippen LogP contribution in [0.15, 0.2) is 18.2 Å². The minimum Gasteiger partial charge on any atom is -0.508 e. The molecule has 1 aromatic carbocycles. The fourth-order valence-corrected chi connectivity index (χ4v) is 1.32. The SMILES string of the molecule is CCc1[nH]nc2ccc(O)cc12. The number of rotatable bonds is 1. The summed E-state index contributed by atoms with van der Waals surface area (Å²) in [7, 11) is 0.